The van der Waals surface area contributed by atoms with Crippen molar-refractivity contribution < 1.29 is 36.9 Å². The summed E-state index contributed by atoms with van der Waals surface area (Å²) in [6, 6.07) is 7.53. The van der Waals surface area contributed by atoms with Gasteiger partial charge in [0, 0.05) is 24.6 Å². The zero-order valence-corrected chi connectivity index (χ0v) is 15.1. The number of aromatic hydroxyl groups is 1. The van der Waals surface area contributed by atoms with Crippen molar-refractivity contribution in [2.45, 2.75) is 19.0 Å². The molecule has 148 valence electrons. The molecule has 0 atom stereocenters. The first kappa shape index (κ1) is 21.2. The van der Waals surface area contributed by atoms with Crippen molar-refractivity contribution >= 4 is 23.2 Å². The summed E-state index contributed by atoms with van der Waals surface area (Å²) >= 11 is 11.8. The van der Waals surface area contributed by atoms with Gasteiger partial charge in [0.2, 0.25) is 0 Å². The van der Waals surface area contributed by atoms with E-state index in [-0.39, 0.29) is 40.5 Å². The van der Waals surface area contributed by atoms with Gasteiger partial charge in [-0.25, -0.2) is 0 Å². The average molecular weight is 429 g/mol. The Hall–Kier alpha value is -2.06. The normalized spacial score (nSPS) is 11.5. The standard InChI is InChI=1S/C17H14Cl2F4O4/c18-13-7-10(24)8-14(19)15(13)26-6-2-5-25-11-3-1-4-12(9-11)27-17(22,23)16(20)21/h1,3-4,7-9,16,24H,2,5-6H2. The summed E-state index contributed by atoms with van der Waals surface area (Å²) in [5.41, 5.74) is 0. The predicted molar refractivity (Wildman–Crippen MR) is 91.8 cm³/mol. The minimum absolute atomic E-state index is 0.0970. The van der Waals surface area contributed by atoms with Crippen LogP contribution in [0.1, 0.15) is 6.42 Å². The fourth-order valence-electron chi connectivity index (χ4n) is 1.94. The highest BCUT2D eigenvalue weighted by atomic mass is 35.5. The van der Waals surface area contributed by atoms with Crippen molar-refractivity contribution in [1.82, 2.24) is 0 Å². The first-order valence-electron chi connectivity index (χ1n) is 7.57. The van der Waals surface area contributed by atoms with Gasteiger partial charge >= 0.3 is 12.5 Å². The van der Waals surface area contributed by atoms with Gasteiger partial charge in [-0.15, -0.1) is 0 Å². The van der Waals surface area contributed by atoms with Crippen molar-refractivity contribution in [3.8, 4) is 23.0 Å². The third-order valence-corrected chi connectivity index (χ3v) is 3.66. The van der Waals surface area contributed by atoms with E-state index in [0.29, 0.717) is 6.42 Å². The molecule has 0 amide bonds. The average Bonchev–Trinajstić information content (AvgIpc) is 2.56. The lowest BCUT2D eigenvalue weighted by Gasteiger charge is -2.17. The summed E-state index contributed by atoms with van der Waals surface area (Å²) < 4.78 is 64.8. The van der Waals surface area contributed by atoms with Crippen LogP contribution < -0.4 is 14.2 Å². The lowest BCUT2D eigenvalue weighted by atomic mass is 10.3. The van der Waals surface area contributed by atoms with Crippen LogP contribution in [-0.4, -0.2) is 30.9 Å². The topological polar surface area (TPSA) is 47.9 Å². The zero-order valence-electron chi connectivity index (χ0n) is 13.6. The Bertz CT molecular complexity index is 751. The Labute approximate surface area is 162 Å². The van der Waals surface area contributed by atoms with E-state index in [1.165, 1.54) is 24.3 Å². The van der Waals surface area contributed by atoms with Gasteiger partial charge in [-0.2, -0.15) is 17.6 Å². The first-order chi connectivity index (χ1) is 12.7. The van der Waals surface area contributed by atoms with Crippen LogP contribution in [-0.2, 0) is 0 Å². The molecule has 0 bridgehead atoms. The molecule has 10 heteroatoms. The van der Waals surface area contributed by atoms with Crippen molar-refractivity contribution in [3.63, 3.8) is 0 Å². The molecule has 0 aliphatic rings. The lowest BCUT2D eigenvalue weighted by Crippen LogP contribution is -2.33. The Kier molecular flexibility index (Phi) is 7.26. The van der Waals surface area contributed by atoms with Crippen LogP contribution in [0.2, 0.25) is 10.0 Å². The van der Waals surface area contributed by atoms with Crippen molar-refractivity contribution in [2.24, 2.45) is 0 Å². The molecule has 0 aliphatic heterocycles. The van der Waals surface area contributed by atoms with Crippen molar-refractivity contribution in [2.75, 3.05) is 13.2 Å². The van der Waals surface area contributed by atoms with E-state index in [4.69, 9.17) is 32.7 Å². The summed E-state index contributed by atoms with van der Waals surface area (Å²) in [5.74, 6) is -0.170. The quantitative estimate of drug-likeness (QED) is 0.406. The van der Waals surface area contributed by atoms with Gasteiger partial charge in [0.15, 0.2) is 5.75 Å². The molecule has 27 heavy (non-hydrogen) atoms. The number of ether oxygens (including phenoxy) is 3. The molecular weight excluding hydrogens is 415 g/mol. The van der Waals surface area contributed by atoms with Gasteiger partial charge in [0.25, 0.3) is 0 Å². The molecule has 0 spiro atoms. The molecule has 0 saturated carbocycles. The summed E-state index contributed by atoms with van der Waals surface area (Å²) in [6.45, 7) is 0.311. The minimum atomic E-state index is -4.59. The number of hydrogen-bond donors (Lipinski definition) is 1. The SMILES string of the molecule is Oc1cc(Cl)c(OCCCOc2cccc(OC(F)(F)C(F)F)c2)c(Cl)c1. The second-order valence-electron chi connectivity index (χ2n) is 5.23. The third-order valence-electron chi connectivity index (χ3n) is 3.10. The van der Waals surface area contributed by atoms with Crippen LogP contribution in [0, 0.1) is 0 Å². The molecule has 0 aromatic heterocycles. The number of alkyl halides is 4. The summed E-state index contributed by atoms with van der Waals surface area (Å²) in [4.78, 5) is 0. The molecule has 0 saturated heterocycles. The number of halogens is 6. The van der Waals surface area contributed by atoms with Crippen LogP contribution in [0.25, 0.3) is 0 Å². The maximum atomic E-state index is 12.9. The Morgan fingerprint density at radius 2 is 1.56 bits per heavy atom. The number of phenolic OH excluding ortho intramolecular Hbond substituents is 1. The van der Waals surface area contributed by atoms with E-state index in [0.717, 1.165) is 12.1 Å². The van der Waals surface area contributed by atoms with Crippen LogP contribution >= 0.6 is 23.2 Å². The van der Waals surface area contributed by atoms with Crippen LogP contribution in [0.15, 0.2) is 36.4 Å². The van der Waals surface area contributed by atoms with Gasteiger partial charge < -0.3 is 19.3 Å². The van der Waals surface area contributed by atoms with Gasteiger partial charge in [0.05, 0.1) is 23.3 Å². The van der Waals surface area contributed by atoms with E-state index in [9.17, 15) is 22.7 Å². The molecule has 0 aliphatic carbocycles. The van der Waals surface area contributed by atoms with Crippen molar-refractivity contribution in [3.05, 3.63) is 46.4 Å². The highest BCUT2D eigenvalue weighted by Gasteiger charge is 2.44. The number of rotatable bonds is 9. The van der Waals surface area contributed by atoms with Crippen LogP contribution in [0.5, 0.6) is 23.0 Å². The maximum absolute atomic E-state index is 12.9. The van der Waals surface area contributed by atoms with E-state index < -0.39 is 18.3 Å². The van der Waals surface area contributed by atoms with Gasteiger partial charge in [0.1, 0.15) is 17.2 Å². The molecule has 4 nitrogen and oxygen atoms in total. The molecule has 2 aromatic rings. The fraction of sp³-hybridized carbons (Fsp3) is 0.294. The fourth-order valence-corrected chi connectivity index (χ4v) is 2.52. The highest BCUT2D eigenvalue weighted by Crippen LogP contribution is 2.36. The first-order valence-corrected chi connectivity index (χ1v) is 8.33. The molecular formula is C17H14Cl2F4O4. The highest BCUT2D eigenvalue weighted by molar-refractivity contribution is 6.37. The molecule has 0 fully saturated rings. The monoisotopic (exact) mass is 428 g/mol. The van der Waals surface area contributed by atoms with Crippen molar-refractivity contribution in [1.29, 1.82) is 0 Å². The van der Waals surface area contributed by atoms with Gasteiger partial charge in [-0.3, -0.25) is 0 Å². The summed E-state index contributed by atoms with van der Waals surface area (Å²) in [6.07, 6.45) is -8.15. The van der Waals surface area contributed by atoms with E-state index >= 15 is 0 Å². The molecule has 1 N–H and O–H groups in total. The van der Waals surface area contributed by atoms with E-state index in [1.54, 1.807) is 0 Å². The molecule has 2 rings (SSSR count). The molecule has 2 aromatic carbocycles. The number of hydrogen-bond acceptors (Lipinski definition) is 4. The zero-order chi connectivity index (χ0) is 20.0. The van der Waals surface area contributed by atoms with Crippen LogP contribution in [0.3, 0.4) is 0 Å². The van der Waals surface area contributed by atoms with Crippen LogP contribution in [0.4, 0.5) is 17.6 Å². The Balaban J connectivity index is 1.82. The minimum Gasteiger partial charge on any atom is -0.508 e. The summed E-state index contributed by atoms with van der Waals surface area (Å²) in [5, 5.41) is 9.62. The van der Waals surface area contributed by atoms with Gasteiger partial charge in [-0.05, 0) is 12.1 Å². The summed E-state index contributed by atoms with van der Waals surface area (Å²) in [7, 11) is 0. The Morgan fingerprint density at radius 1 is 0.963 bits per heavy atom. The number of benzene rings is 2. The second kappa shape index (κ2) is 9.23. The molecule has 0 radical (unpaired) electrons. The lowest BCUT2D eigenvalue weighted by molar-refractivity contribution is -0.253. The Morgan fingerprint density at radius 3 is 2.19 bits per heavy atom. The third kappa shape index (κ3) is 6.25. The van der Waals surface area contributed by atoms with Gasteiger partial charge in [-0.1, -0.05) is 29.3 Å². The predicted octanol–water partition coefficient (Wildman–Crippen LogP) is 5.78. The maximum Gasteiger partial charge on any atom is 0.461 e. The van der Waals surface area contributed by atoms with E-state index in [2.05, 4.69) is 4.74 Å². The second-order valence-corrected chi connectivity index (χ2v) is 6.04. The number of phenols is 1. The van der Waals surface area contributed by atoms with E-state index in [1.807, 2.05) is 0 Å². The molecule has 0 heterocycles. The molecule has 0 unspecified atom stereocenters. The smallest absolute Gasteiger partial charge is 0.461 e. The largest absolute Gasteiger partial charge is 0.508 e.